The number of hydrogen-bond acceptors (Lipinski definition) is 2. The summed E-state index contributed by atoms with van der Waals surface area (Å²) < 4.78 is 0. The van der Waals surface area contributed by atoms with Gasteiger partial charge in [-0.1, -0.05) is 6.42 Å². The summed E-state index contributed by atoms with van der Waals surface area (Å²) in [5.74, 6) is 0.367. The Labute approximate surface area is 98.6 Å². The summed E-state index contributed by atoms with van der Waals surface area (Å²) in [7, 11) is 0. The molecule has 16 heavy (non-hydrogen) atoms. The van der Waals surface area contributed by atoms with E-state index in [1.54, 1.807) is 0 Å². The Morgan fingerprint density at radius 3 is 2.75 bits per heavy atom. The summed E-state index contributed by atoms with van der Waals surface area (Å²) in [5.41, 5.74) is 0. The average Bonchev–Trinajstić information content (AvgIpc) is 2.31. The molecule has 0 saturated carbocycles. The molecule has 2 aliphatic heterocycles. The minimum atomic E-state index is 0.367. The molecule has 2 fully saturated rings. The smallest absolute Gasteiger partial charge is 0.224 e. The van der Waals surface area contributed by atoms with Gasteiger partial charge < -0.3 is 10.2 Å². The predicted octanol–water partition coefficient (Wildman–Crippen LogP) is 1.92. The number of nitrogens with one attached hydrogen (secondary N) is 1. The summed E-state index contributed by atoms with van der Waals surface area (Å²) in [6.45, 7) is 4.26. The number of carbonyl (C=O) groups is 1. The molecule has 1 N–H and O–H groups in total. The van der Waals surface area contributed by atoms with Gasteiger partial charge in [-0.05, 0) is 45.6 Å². The largest absolute Gasteiger partial charge is 0.340 e. The molecular formula is C13H24N2O. The second-order valence-electron chi connectivity index (χ2n) is 5.28. The molecule has 0 bridgehead atoms. The van der Waals surface area contributed by atoms with Crippen molar-refractivity contribution >= 4 is 5.91 Å². The second kappa shape index (κ2) is 5.67. The molecular weight excluding hydrogens is 200 g/mol. The third-order valence-corrected chi connectivity index (χ3v) is 3.96. The van der Waals surface area contributed by atoms with Gasteiger partial charge in [0.2, 0.25) is 5.91 Å². The van der Waals surface area contributed by atoms with Gasteiger partial charge in [-0.15, -0.1) is 0 Å². The first-order chi connectivity index (χ1) is 7.77. The van der Waals surface area contributed by atoms with Crippen molar-refractivity contribution in [2.75, 3.05) is 13.1 Å². The number of amides is 1. The van der Waals surface area contributed by atoms with Gasteiger partial charge in [0.1, 0.15) is 0 Å². The Hall–Kier alpha value is -0.570. The maximum atomic E-state index is 12.2. The van der Waals surface area contributed by atoms with E-state index >= 15 is 0 Å². The minimum Gasteiger partial charge on any atom is -0.340 e. The maximum absolute atomic E-state index is 12.2. The molecule has 2 atom stereocenters. The van der Waals surface area contributed by atoms with Crippen molar-refractivity contribution in [3.63, 3.8) is 0 Å². The first-order valence-corrected chi connectivity index (χ1v) is 6.80. The molecule has 0 aromatic heterocycles. The molecule has 2 rings (SSSR count). The van der Waals surface area contributed by atoms with Crippen molar-refractivity contribution < 1.29 is 4.79 Å². The van der Waals surface area contributed by atoms with Crippen LogP contribution in [0.25, 0.3) is 0 Å². The predicted molar refractivity (Wildman–Crippen MR) is 65.3 cm³/mol. The fourth-order valence-electron chi connectivity index (χ4n) is 2.89. The lowest BCUT2D eigenvalue weighted by Gasteiger charge is -2.35. The molecule has 0 aliphatic carbocycles. The molecule has 0 aromatic rings. The highest BCUT2D eigenvalue weighted by Gasteiger charge is 2.25. The number of piperidine rings is 2. The summed E-state index contributed by atoms with van der Waals surface area (Å²) in [5, 5.41) is 3.46. The van der Waals surface area contributed by atoms with E-state index in [4.69, 9.17) is 0 Å². The standard InChI is InChI=1S/C13H24N2O/c1-11-6-3-5-9-15(11)13(16)10-12-7-2-4-8-14-12/h11-12,14H,2-10H2,1H3/t11-,12-/m0/s1. The average molecular weight is 224 g/mol. The van der Waals surface area contributed by atoms with Gasteiger partial charge in [-0.25, -0.2) is 0 Å². The lowest BCUT2D eigenvalue weighted by molar-refractivity contribution is -0.135. The van der Waals surface area contributed by atoms with Crippen molar-refractivity contribution in [3.8, 4) is 0 Å². The van der Waals surface area contributed by atoms with Crippen molar-refractivity contribution in [1.82, 2.24) is 10.2 Å². The van der Waals surface area contributed by atoms with Crippen LogP contribution in [0.1, 0.15) is 51.9 Å². The van der Waals surface area contributed by atoms with Gasteiger partial charge in [0.15, 0.2) is 0 Å². The molecule has 2 heterocycles. The molecule has 0 spiro atoms. The van der Waals surface area contributed by atoms with E-state index in [1.165, 1.54) is 38.5 Å². The van der Waals surface area contributed by atoms with E-state index in [2.05, 4.69) is 17.1 Å². The van der Waals surface area contributed by atoms with Crippen molar-refractivity contribution in [2.45, 2.75) is 64.0 Å². The van der Waals surface area contributed by atoms with Crippen LogP contribution in [0, 0.1) is 0 Å². The highest BCUT2D eigenvalue weighted by Crippen LogP contribution is 2.19. The van der Waals surface area contributed by atoms with Crippen LogP contribution in [0.4, 0.5) is 0 Å². The molecule has 2 saturated heterocycles. The van der Waals surface area contributed by atoms with Crippen LogP contribution >= 0.6 is 0 Å². The zero-order chi connectivity index (χ0) is 11.4. The van der Waals surface area contributed by atoms with Crippen molar-refractivity contribution in [3.05, 3.63) is 0 Å². The van der Waals surface area contributed by atoms with Gasteiger partial charge >= 0.3 is 0 Å². The van der Waals surface area contributed by atoms with E-state index in [0.717, 1.165) is 13.1 Å². The quantitative estimate of drug-likeness (QED) is 0.777. The summed E-state index contributed by atoms with van der Waals surface area (Å²) >= 11 is 0. The van der Waals surface area contributed by atoms with E-state index < -0.39 is 0 Å². The van der Waals surface area contributed by atoms with Crippen LogP contribution in [0.5, 0.6) is 0 Å². The second-order valence-corrected chi connectivity index (χ2v) is 5.28. The van der Waals surface area contributed by atoms with Crippen molar-refractivity contribution in [2.24, 2.45) is 0 Å². The van der Waals surface area contributed by atoms with E-state index in [0.29, 0.717) is 24.4 Å². The maximum Gasteiger partial charge on any atom is 0.224 e. The van der Waals surface area contributed by atoms with Gasteiger partial charge in [-0.3, -0.25) is 4.79 Å². The Kier molecular flexibility index (Phi) is 4.22. The van der Waals surface area contributed by atoms with Gasteiger partial charge in [0.25, 0.3) is 0 Å². The van der Waals surface area contributed by atoms with Crippen LogP contribution in [-0.4, -0.2) is 36.0 Å². The fourth-order valence-corrected chi connectivity index (χ4v) is 2.89. The normalized spacial score (nSPS) is 31.4. The fraction of sp³-hybridized carbons (Fsp3) is 0.923. The zero-order valence-electron chi connectivity index (χ0n) is 10.4. The molecule has 0 radical (unpaired) electrons. The molecule has 0 unspecified atom stereocenters. The highest BCUT2D eigenvalue weighted by atomic mass is 16.2. The third-order valence-electron chi connectivity index (χ3n) is 3.96. The van der Waals surface area contributed by atoms with Gasteiger partial charge in [-0.2, -0.15) is 0 Å². The Bertz CT molecular complexity index is 236. The van der Waals surface area contributed by atoms with Crippen LogP contribution in [-0.2, 0) is 4.79 Å². The van der Waals surface area contributed by atoms with Crippen LogP contribution < -0.4 is 5.32 Å². The molecule has 1 amide bonds. The number of carbonyl (C=O) groups excluding carboxylic acids is 1. The number of nitrogens with zero attached hydrogens (tertiary/aromatic N) is 1. The van der Waals surface area contributed by atoms with Crippen molar-refractivity contribution in [1.29, 1.82) is 0 Å². The Morgan fingerprint density at radius 2 is 2.06 bits per heavy atom. The first kappa shape index (κ1) is 11.9. The highest BCUT2D eigenvalue weighted by molar-refractivity contribution is 5.77. The van der Waals surface area contributed by atoms with E-state index in [-0.39, 0.29) is 0 Å². The summed E-state index contributed by atoms with van der Waals surface area (Å²) in [6.07, 6.45) is 8.09. The summed E-state index contributed by atoms with van der Waals surface area (Å²) in [4.78, 5) is 14.3. The lowest BCUT2D eigenvalue weighted by Crippen LogP contribution is -2.45. The van der Waals surface area contributed by atoms with E-state index in [9.17, 15) is 4.79 Å². The number of hydrogen-bond donors (Lipinski definition) is 1. The molecule has 92 valence electrons. The molecule has 0 aromatic carbocycles. The topological polar surface area (TPSA) is 32.3 Å². The number of rotatable bonds is 2. The lowest BCUT2D eigenvalue weighted by atomic mass is 9.99. The Balaban J connectivity index is 1.81. The van der Waals surface area contributed by atoms with Crippen LogP contribution in [0.2, 0.25) is 0 Å². The minimum absolute atomic E-state index is 0.367. The van der Waals surface area contributed by atoms with E-state index in [1.807, 2.05) is 0 Å². The van der Waals surface area contributed by atoms with Gasteiger partial charge in [0.05, 0.1) is 0 Å². The zero-order valence-corrected chi connectivity index (χ0v) is 10.4. The van der Waals surface area contributed by atoms with Gasteiger partial charge in [0, 0.05) is 25.0 Å². The molecule has 3 nitrogen and oxygen atoms in total. The Morgan fingerprint density at radius 1 is 1.25 bits per heavy atom. The molecule has 2 aliphatic rings. The van der Waals surface area contributed by atoms with Crippen LogP contribution in [0.15, 0.2) is 0 Å². The summed E-state index contributed by atoms with van der Waals surface area (Å²) in [6, 6.07) is 0.903. The first-order valence-electron chi connectivity index (χ1n) is 6.80. The number of likely N-dealkylation sites (tertiary alicyclic amines) is 1. The van der Waals surface area contributed by atoms with Crippen LogP contribution in [0.3, 0.4) is 0 Å². The SMILES string of the molecule is C[C@H]1CCCCN1C(=O)C[C@@H]1CCCCN1. The third kappa shape index (κ3) is 2.97. The monoisotopic (exact) mass is 224 g/mol. The molecule has 3 heteroatoms.